The number of likely N-dealkylation sites (N-methyl/N-ethyl adjacent to an activating group) is 1. The maximum Gasteiger partial charge on any atom is 0.0110 e. The molecule has 16 heavy (non-hydrogen) atoms. The first-order valence-electron chi connectivity index (χ1n) is 6.91. The van der Waals surface area contributed by atoms with Gasteiger partial charge < -0.3 is 14.7 Å². The van der Waals surface area contributed by atoms with E-state index in [1.807, 2.05) is 0 Å². The van der Waals surface area contributed by atoms with Gasteiger partial charge in [-0.1, -0.05) is 6.92 Å². The average molecular weight is 225 g/mol. The highest BCUT2D eigenvalue weighted by molar-refractivity contribution is 4.77. The molecule has 94 valence electrons. The highest BCUT2D eigenvalue weighted by Crippen LogP contribution is 2.17. The van der Waals surface area contributed by atoms with Gasteiger partial charge in [0.1, 0.15) is 0 Å². The van der Waals surface area contributed by atoms with Crippen molar-refractivity contribution in [2.45, 2.75) is 19.8 Å². The number of likely N-dealkylation sites (tertiary alicyclic amines) is 1. The van der Waals surface area contributed by atoms with E-state index in [-0.39, 0.29) is 0 Å². The Hall–Kier alpha value is -0.120. The van der Waals surface area contributed by atoms with Crippen molar-refractivity contribution in [1.29, 1.82) is 0 Å². The number of nitrogens with zero attached hydrogens (tertiary/aromatic N) is 3. The lowest BCUT2D eigenvalue weighted by Crippen LogP contribution is -2.48. The van der Waals surface area contributed by atoms with E-state index in [1.54, 1.807) is 0 Å². The Bertz CT molecular complexity index is 199. The van der Waals surface area contributed by atoms with Gasteiger partial charge in [0, 0.05) is 39.3 Å². The number of rotatable bonds is 3. The van der Waals surface area contributed by atoms with Gasteiger partial charge in [-0.15, -0.1) is 0 Å². The molecule has 0 aromatic carbocycles. The van der Waals surface area contributed by atoms with Gasteiger partial charge >= 0.3 is 0 Å². The van der Waals surface area contributed by atoms with E-state index in [0.29, 0.717) is 0 Å². The van der Waals surface area contributed by atoms with Crippen LogP contribution in [0.15, 0.2) is 0 Å². The topological polar surface area (TPSA) is 9.72 Å². The predicted octanol–water partition coefficient (Wildman–Crippen LogP) is 0.966. The van der Waals surface area contributed by atoms with Crippen LogP contribution in [0.1, 0.15) is 19.8 Å². The number of hydrogen-bond acceptors (Lipinski definition) is 3. The molecule has 0 spiro atoms. The minimum atomic E-state index is 0.928. The van der Waals surface area contributed by atoms with Crippen molar-refractivity contribution in [1.82, 2.24) is 14.7 Å². The van der Waals surface area contributed by atoms with Crippen LogP contribution in [0.5, 0.6) is 0 Å². The zero-order valence-electron chi connectivity index (χ0n) is 11.0. The average Bonchev–Trinajstić information content (AvgIpc) is 2.32. The van der Waals surface area contributed by atoms with E-state index in [4.69, 9.17) is 0 Å². The van der Waals surface area contributed by atoms with E-state index < -0.39 is 0 Å². The molecule has 0 amide bonds. The maximum absolute atomic E-state index is 2.67. The third-order valence-electron chi connectivity index (χ3n) is 4.16. The van der Waals surface area contributed by atoms with Crippen molar-refractivity contribution in [2.24, 2.45) is 5.92 Å². The van der Waals surface area contributed by atoms with Gasteiger partial charge in [-0.05, 0) is 38.9 Å². The monoisotopic (exact) mass is 225 g/mol. The third-order valence-corrected chi connectivity index (χ3v) is 4.16. The summed E-state index contributed by atoms with van der Waals surface area (Å²) < 4.78 is 0. The molecule has 2 saturated heterocycles. The van der Waals surface area contributed by atoms with Crippen molar-refractivity contribution in [3.05, 3.63) is 0 Å². The van der Waals surface area contributed by atoms with Gasteiger partial charge in [0.05, 0.1) is 0 Å². The standard InChI is InChI=1S/C13H27N3/c1-3-15-6-4-5-13(11-15)12-16-9-7-14(2)8-10-16/h13H,3-12H2,1-2H3. The maximum atomic E-state index is 2.67. The highest BCUT2D eigenvalue weighted by Gasteiger charge is 2.22. The fraction of sp³-hybridized carbons (Fsp3) is 1.00. The molecule has 0 radical (unpaired) electrons. The molecule has 0 N–H and O–H groups in total. The lowest BCUT2D eigenvalue weighted by Gasteiger charge is -2.38. The first-order chi connectivity index (χ1) is 7.78. The third kappa shape index (κ3) is 3.44. The van der Waals surface area contributed by atoms with E-state index in [9.17, 15) is 0 Å². The van der Waals surface area contributed by atoms with Crippen LogP contribution in [0, 0.1) is 5.92 Å². The molecule has 0 bridgehead atoms. The minimum absolute atomic E-state index is 0.928. The number of piperazine rings is 1. The van der Waals surface area contributed by atoms with Crippen molar-refractivity contribution >= 4 is 0 Å². The molecule has 1 atom stereocenters. The van der Waals surface area contributed by atoms with Crippen LogP contribution in [-0.2, 0) is 0 Å². The van der Waals surface area contributed by atoms with Crippen LogP contribution < -0.4 is 0 Å². The first kappa shape index (κ1) is 12.3. The van der Waals surface area contributed by atoms with Crippen molar-refractivity contribution in [3.8, 4) is 0 Å². The van der Waals surface area contributed by atoms with E-state index in [0.717, 1.165) is 5.92 Å². The predicted molar refractivity (Wildman–Crippen MR) is 68.8 cm³/mol. The second kappa shape index (κ2) is 5.99. The zero-order valence-corrected chi connectivity index (χ0v) is 11.0. The molecule has 2 rings (SSSR count). The second-order valence-electron chi connectivity index (χ2n) is 5.51. The van der Waals surface area contributed by atoms with E-state index in [1.165, 1.54) is 65.2 Å². The molecular weight excluding hydrogens is 198 g/mol. The largest absolute Gasteiger partial charge is 0.304 e. The summed E-state index contributed by atoms with van der Waals surface area (Å²) in [7, 11) is 2.23. The van der Waals surface area contributed by atoms with Crippen molar-refractivity contribution in [2.75, 3.05) is 59.4 Å². The quantitative estimate of drug-likeness (QED) is 0.708. The molecule has 2 heterocycles. The van der Waals surface area contributed by atoms with Crippen LogP contribution in [0.2, 0.25) is 0 Å². The Morgan fingerprint density at radius 1 is 1.00 bits per heavy atom. The van der Waals surface area contributed by atoms with Crippen LogP contribution >= 0.6 is 0 Å². The SMILES string of the molecule is CCN1CCCC(CN2CCN(C)CC2)C1. The minimum Gasteiger partial charge on any atom is -0.304 e. The highest BCUT2D eigenvalue weighted by atomic mass is 15.2. The Labute approximate surface area is 100 Å². The lowest BCUT2D eigenvalue weighted by molar-refractivity contribution is 0.101. The molecule has 2 fully saturated rings. The van der Waals surface area contributed by atoms with Gasteiger partial charge in [0.25, 0.3) is 0 Å². The molecular formula is C13H27N3. The zero-order chi connectivity index (χ0) is 11.4. The Morgan fingerprint density at radius 2 is 1.75 bits per heavy atom. The van der Waals surface area contributed by atoms with Gasteiger partial charge in [-0.25, -0.2) is 0 Å². The molecule has 2 aliphatic rings. The first-order valence-corrected chi connectivity index (χ1v) is 6.91. The summed E-state index contributed by atoms with van der Waals surface area (Å²) >= 11 is 0. The number of piperidine rings is 1. The summed E-state index contributed by atoms with van der Waals surface area (Å²) in [6.07, 6.45) is 2.86. The molecule has 0 aromatic heterocycles. The van der Waals surface area contributed by atoms with Crippen molar-refractivity contribution in [3.63, 3.8) is 0 Å². The Morgan fingerprint density at radius 3 is 2.44 bits per heavy atom. The van der Waals surface area contributed by atoms with Gasteiger partial charge in [0.15, 0.2) is 0 Å². The van der Waals surface area contributed by atoms with Crippen LogP contribution in [0.3, 0.4) is 0 Å². The molecule has 0 aliphatic carbocycles. The normalized spacial score (nSPS) is 30.8. The molecule has 1 unspecified atom stereocenters. The van der Waals surface area contributed by atoms with E-state index >= 15 is 0 Å². The van der Waals surface area contributed by atoms with Gasteiger partial charge in [0.2, 0.25) is 0 Å². The lowest BCUT2D eigenvalue weighted by atomic mass is 9.97. The van der Waals surface area contributed by atoms with Crippen molar-refractivity contribution < 1.29 is 0 Å². The fourth-order valence-electron chi connectivity index (χ4n) is 2.98. The van der Waals surface area contributed by atoms with Crippen LogP contribution in [0.4, 0.5) is 0 Å². The van der Waals surface area contributed by atoms with Crippen LogP contribution in [0.25, 0.3) is 0 Å². The molecule has 0 aromatic rings. The summed E-state index contributed by atoms with van der Waals surface area (Å²) in [5.74, 6) is 0.928. The Kier molecular flexibility index (Phi) is 4.62. The van der Waals surface area contributed by atoms with Crippen LogP contribution in [-0.4, -0.2) is 74.1 Å². The molecule has 3 nitrogen and oxygen atoms in total. The van der Waals surface area contributed by atoms with Gasteiger partial charge in [-0.3, -0.25) is 0 Å². The smallest absolute Gasteiger partial charge is 0.0110 e. The Balaban J connectivity index is 1.72. The number of hydrogen-bond donors (Lipinski definition) is 0. The summed E-state index contributed by atoms with van der Waals surface area (Å²) in [4.78, 5) is 7.73. The summed E-state index contributed by atoms with van der Waals surface area (Å²) in [5.41, 5.74) is 0. The second-order valence-corrected chi connectivity index (χ2v) is 5.51. The molecule has 0 saturated carbocycles. The molecule has 2 aliphatic heterocycles. The fourth-order valence-corrected chi connectivity index (χ4v) is 2.98. The summed E-state index contributed by atoms with van der Waals surface area (Å²) in [6.45, 7) is 12.6. The van der Waals surface area contributed by atoms with Gasteiger partial charge in [-0.2, -0.15) is 0 Å². The van der Waals surface area contributed by atoms with E-state index in [2.05, 4.69) is 28.7 Å². The molecule has 3 heteroatoms. The summed E-state index contributed by atoms with van der Waals surface area (Å²) in [6, 6.07) is 0. The summed E-state index contributed by atoms with van der Waals surface area (Å²) in [5, 5.41) is 0.